The molecule has 21 heavy (non-hydrogen) atoms. The molecule has 0 spiro atoms. The number of aromatic carboxylic acids is 1. The summed E-state index contributed by atoms with van der Waals surface area (Å²) in [5.74, 6) is 0.277. The van der Waals surface area contributed by atoms with E-state index in [0.29, 0.717) is 11.1 Å². The highest BCUT2D eigenvalue weighted by molar-refractivity contribution is 6.32. The second-order valence-electron chi connectivity index (χ2n) is 5.45. The minimum absolute atomic E-state index is 0.254. The van der Waals surface area contributed by atoms with E-state index in [1.807, 2.05) is 4.40 Å². The lowest BCUT2D eigenvalue weighted by Gasteiger charge is -2.30. The number of pyridine rings is 1. The van der Waals surface area contributed by atoms with E-state index in [0.717, 1.165) is 43.8 Å². The lowest BCUT2D eigenvalue weighted by Crippen LogP contribution is -2.33. The Morgan fingerprint density at radius 2 is 2.14 bits per heavy atom. The van der Waals surface area contributed by atoms with Gasteiger partial charge in [-0.15, -0.1) is 0 Å². The fourth-order valence-corrected chi connectivity index (χ4v) is 3.23. The minimum Gasteiger partial charge on any atom is -0.478 e. The number of halogens is 1. The Kier molecular flexibility index (Phi) is 3.87. The predicted molar refractivity (Wildman–Crippen MR) is 81.3 cm³/mol. The highest BCUT2D eigenvalue weighted by atomic mass is 35.5. The number of rotatable bonds is 3. The molecule has 5 nitrogen and oxygen atoms in total. The number of hydrogen-bond donors (Lipinski definition) is 1. The highest BCUT2D eigenvalue weighted by Crippen LogP contribution is 2.30. The van der Waals surface area contributed by atoms with Crippen molar-refractivity contribution in [1.29, 1.82) is 0 Å². The zero-order chi connectivity index (χ0) is 15.0. The van der Waals surface area contributed by atoms with Gasteiger partial charge in [-0.1, -0.05) is 18.5 Å². The van der Waals surface area contributed by atoms with Crippen LogP contribution in [0.4, 0.5) is 0 Å². The number of aromatic nitrogens is 2. The van der Waals surface area contributed by atoms with Crippen LogP contribution in [-0.4, -0.2) is 45.0 Å². The van der Waals surface area contributed by atoms with Crippen LogP contribution in [0.5, 0.6) is 0 Å². The molecule has 112 valence electrons. The molecule has 0 saturated carbocycles. The minimum atomic E-state index is -0.937. The van der Waals surface area contributed by atoms with Gasteiger partial charge in [-0.2, -0.15) is 0 Å². The Hall–Kier alpha value is -1.59. The fourth-order valence-electron chi connectivity index (χ4n) is 2.99. The van der Waals surface area contributed by atoms with E-state index in [9.17, 15) is 4.79 Å². The van der Waals surface area contributed by atoms with E-state index >= 15 is 0 Å². The number of carboxylic acid groups (broad SMARTS) is 1. The van der Waals surface area contributed by atoms with Gasteiger partial charge in [0.1, 0.15) is 5.82 Å². The first kappa shape index (κ1) is 14.4. The van der Waals surface area contributed by atoms with Crippen molar-refractivity contribution in [2.75, 3.05) is 19.6 Å². The molecule has 3 heterocycles. The standard InChI is InChI=1S/C15H18ClN3O2/c1-2-18-7-5-10(6-8-18)14-17-13(16)12-4-3-11(15(20)21)9-19(12)14/h3-4,9-10H,2,5-8H2,1H3,(H,20,21). The molecule has 0 bridgehead atoms. The first-order valence-electron chi connectivity index (χ1n) is 7.23. The molecular formula is C15H18ClN3O2. The molecule has 0 atom stereocenters. The largest absolute Gasteiger partial charge is 0.478 e. The number of nitrogens with zero attached hydrogens (tertiary/aromatic N) is 3. The summed E-state index contributed by atoms with van der Waals surface area (Å²) in [6.45, 7) is 5.33. The van der Waals surface area contributed by atoms with Crippen molar-refractivity contribution in [3.63, 3.8) is 0 Å². The van der Waals surface area contributed by atoms with Crippen LogP contribution >= 0.6 is 11.6 Å². The lowest BCUT2D eigenvalue weighted by molar-refractivity contribution is 0.0696. The van der Waals surface area contributed by atoms with Gasteiger partial charge in [0.2, 0.25) is 0 Å². The summed E-state index contributed by atoms with van der Waals surface area (Å²) >= 11 is 6.20. The average Bonchev–Trinajstić information content (AvgIpc) is 2.84. The molecular weight excluding hydrogens is 290 g/mol. The van der Waals surface area contributed by atoms with Crippen molar-refractivity contribution in [2.45, 2.75) is 25.7 Å². The van der Waals surface area contributed by atoms with Crippen LogP contribution in [-0.2, 0) is 0 Å². The summed E-state index contributed by atoms with van der Waals surface area (Å²) in [6.07, 6.45) is 3.68. The van der Waals surface area contributed by atoms with Crippen LogP contribution in [0.15, 0.2) is 18.3 Å². The van der Waals surface area contributed by atoms with E-state index in [1.54, 1.807) is 18.3 Å². The second-order valence-corrected chi connectivity index (χ2v) is 5.81. The van der Waals surface area contributed by atoms with Gasteiger partial charge in [0.25, 0.3) is 0 Å². The van der Waals surface area contributed by atoms with Crippen molar-refractivity contribution in [2.24, 2.45) is 0 Å². The Morgan fingerprint density at radius 3 is 2.76 bits per heavy atom. The van der Waals surface area contributed by atoms with Crippen molar-refractivity contribution in [3.05, 3.63) is 34.9 Å². The third-order valence-electron chi connectivity index (χ3n) is 4.27. The topological polar surface area (TPSA) is 57.8 Å². The summed E-state index contributed by atoms with van der Waals surface area (Å²) in [5.41, 5.74) is 1.03. The van der Waals surface area contributed by atoms with E-state index in [1.165, 1.54) is 0 Å². The lowest BCUT2D eigenvalue weighted by atomic mass is 9.96. The number of likely N-dealkylation sites (tertiary alicyclic amines) is 1. The maximum Gasteiger partial charge on any atom is 0.337 e. The van der Waals surface area contributed by atoms with Gasteiger partial charge in [0.15, 0.2) is 5.15 Å². The third-order valence-corrected chi connectivity index (χ3v) is 4.54. The number of carboxylic acids is 1. The molecule has 0 unspecified atom stereocenters. The zero-order valence-electron chi connectivity index (χ0n) is 11.9. The first-order valence-corrected chi connectivity index (χ1v) is 7.61. The Morgan fingerprint density at radius 1 is 1.43 bits per heavy atom. The van der Waals surface area contributed by atoms with E-state index in [-0.39, 0.29) is 5.56 Å². The molecule has 6 heteroatoms. The van der Waals surface area contributed by atoms with Gasteiger partial charge in [0.05, 0.1) is 11.1 Å². The summed E-state index contributed by atoms with van der Waals surface area (Å²) in [5, 5.41) is 9.59. The average molecular weight is 308 g/mol. The number of fused-ring (bicyclic) bond motifs is 1. The molecule has 0 radical (unpaired) electrons. The van der Waals surface area contributed by atoms with E-state index in [2.05, 4.69) is 16.8 Å². The molecule has 0 aromatic carbocycles. The molecule has 2 aromatic rings. The van der Waals surface area contributed by atoms with Crippen molar-refractivity contribution >= 4 is 23.1 Å². The van der Waals surface area contributed by atoms with Crippen LogP contribution in [0.1, 0.15) is 41.9 Å². The molecule has 1 saturated heterocycles. The molecule has 1 aliphatic rings. The molecule has 1 N–H and O–H groups in total. The molecule has 1 fully saturated rings. The van der Waals surface area contributed by atoms with Gasteiger partial charge in [0, 0.05) is 12.1 Å². The number of imidazole rings is 1. The maximum atomic E-state index is 11.1. The van der Waals surface area contributed by atoms with Crippen LogP contribution in [0.3, 0.4) is 0 Å². The van der Waals surface area contributed by atoms with Gasteiger partial charge < -0.3 is 14.4 Å². The van der Waals surface area contributed by atoms with Gasteiger partial charge >= 0.3 is 5.97 Å². The van der Waals surface area contributed by atoms with Crippen LogP contribution in [0.25, 0.3) is 5.52 Å². The maximum absolute atomic E-state index is 11.1. The van der Waals surface area contributed by atoms with E-state index in [4.69, 9.17) is 16.7 Å². The Balaban J connectivity index is 1.98. The number of carbonyl (C=O) groups is 1. The number of hydrogen-bond acceptors (Lipinski definition) is 3. The van der Waals surface area contributed by atoms with Crippen molar-refractivity contribution in [1.82, 2.24) is 14.3 Å². The van der Waals surface area contributed by atoms with Crippen molar-refractivity contribution < 1.29 is 9.90 Å². The summed E-state index contributed by atoms with van der Waals surface area (Å²) in [6, 6.07) is 3.29. The molecule has 2 aromatic heterocycles. The first-order chi connectivity index (χ1) is 10.1. The molecule has 1 aliphatic heterocycles. The summed E-state index contributed by atoms with van der Waals surface area (Å²) in [7, 11) is 0. The summed E-state index contributed by atoms with van der Waals surface area (Å²) in [4.78, 5) is 18.0. The van der Waals surface area contributed by atoms with Crippen LogP contribution in [0, 0.1) is 0 Å². The number of piperidine rings is 1. The van der Waals surface area contributed by atoms with Crippen molar-refractivity contribution in [3.8, 4) is 0 Å². The Bertz CT molecular complexity index is 675. The monoisotopic (exact) mass is 307 g/mol. The molecule has 0 amide bonds. The van der Waals surface area contributed by atoms with Gasteiger partial charge in [-0.05, 0) is 44.6 Å². The fraction of sp³-hybridized carbons (Fsp3) is 0.467. The predicted octanol–water partition coefficient (Wildman–Crippen LogP) is 2.89. The van der Waals surface area contributed by atoms with Crippen LogP contribution < -0.4 is 0 Å². The zero-order valence-corrected chi connectivity index (χ0v) is 12.7. The Labute approximate surface area is 128 Å². The van der Waals surface area contributed by atoms with Gasteiger partial charge in [-0.25, -0.2) is 9.78 Å². The summed E-state index contributed by atoms with van der Waals surface area (Å²) < 4.78 is 1.85. The third kappa shape index (κ3) is 2.63. The van der Waals surface area contributed by atoms with E-state index < -0.39 is 5.97 Å². The molecule has 3 rings (SSSR count). The van der Waals surface area contributed by atoms with Crippen LogP contribution in [0.2, 0.25) is 5.15 Å². The normalized spacial score (nSPS) is 17.4. The van der Waals surface area contributed by atoms with Gasteiger partial charge in [-0.3, -0.25) is 0 Å². The second kappa shape index (κ2) is 5.66. The SMILES string of the molecule is CCN1CCC(c2nc(Cl)c3ccc(C(=O)O)cn23)CC1. The highest BCUT2D eigenvalue weighted by Gasteiger charge is 2.24. The quantitative estimate of drug-likeness (QED) is 0.947. The smallest absolute Gasteiger partial charge is 0.337 e. The molecule has 0 aliphatic carbocycles.